The lowest BCUT2D eigenvalue weighted by atomic mass is 9.62. The number of para-hydroxylation sites is 1. The number of nitrogens with one attached hydrogen (secondary N) is 4. The van der Waals surface area contributed by atoms with Crippen LogP contribution in [0.5, 0.6) is 0 Å². The summed E-state index contributed by atoms with van der Waals surface area (Å²) in [4.78, 5) is 96.4. The van der Waals surface area contributed by atoms with Crippen molar-refractivity contribution in [3.05, 3.63) is 95.8 Å². The number of aromatic nitrogens is 1. The zero-order valence-corrected chi connectivity index (χ0v) is 36.6. The Hall–Kier alpha value is -5.98. The minimum absolute atomic E-state index is 0.0196. The number of anilines is 2. The molecular weight excluding hydrogens is 787 g/mol. The van der Waals surface area contributed by atoms with Crippen molar-refractivity contribution in [1.29, 1.82) is 0 Å². The van der Waals surface area contributed by atoms with Gasteiger partial charge in [0.15, 0.2) is 5.78 Å². The van der Waals surface area contributed by atoms with E-state index in [0.29, 0.717) is 55.6 Å². The second kappa shape index (κ2) is 23.9. The summed E-state index contributed by atoms with van der Waals surface area (Å²) < 4.78 is 0. The molecule has 0 saturated heterocycles. The van der Waals surface area contributed by atoms with Crippen LogP contribution in [0.4, 0.5) is 16.2 Å². The topological polar surface area (TPSA) is 201 Å². The number of Topliss-reactive ketones (excluding diaryl/α,β-unsaturated/α-hetero) is 3. The van der Waals surface area contributed by atoms with Crippen molar-refractivity contribution < 1.29 is 38.7 Å². The number of amides is 4. The molecule has 0 radical (unpaired) electrons. The molecular formula is C49H63N5O8. The molecule has 1 aromatic heterocycles. The van der Waals surface area contributed by atoms with Gasteiger partial charge in [0.05, 0.1) is 6.04 Å². The molecule has 1 fully saturated rings. The molecule has 1 aliphatic rings. The summed E-state index contributed by atoms with van der Waals surface area (Å²) in [7, 11) is 0. The molecule has 0 aliphatic heterocycles. The highest BCUT2D eigenvalue weighted by Crippen LogP contribution is 2.45. The first-order chi connectivity index (χ1) is 29.5. The van der Waals surface area contributed by atoms with E-state index in [0.717, 1.165) is 30.4 Å². The number of aryl methyl sites for hydroxylation is 1. The average Bonchev–Trinajstić information content (AvgIpc) is 3.23. The van der Waals surface area contributed by atoms with Gasteiger partial charge in [-0.3, -0.25) is 33.8 Å². The highest BCUT2D eigenvalue weighted by Gasteiger charge is 2.46. The highest BCUT2D eigenvalue weighted by atomic mass is 16.4. The van der Waals surface area contributed by atoms with Gasteiger partial charge in [-0.2, -0.15) is 0 Å². The highest BCUT2D eigenvalue weighted by molar-refractivity contribution is 6.00. The van der Waals surface area contributed by atoms with Crippen LogP contribution in [0.1, 0.15) is 121 Å². The number of benzene rings is 2. The second-order valence-electron chi connectivity index (χ2n) is 17.5. The van der Waals surface area contributed by atoms with Crippen molar-refractivity contribution in [3.8, 4) is 0 Å². The fourth-order valence-corrected chi connectivity index (χ4v) is 8.06. The number of ketones is 3. The zero-order chi connectivity index (χ0) is 45.1. The number of carbonyl (C=O) groups excluding carboxylic acids is 6. The average molecular weight is 850 g/mol. The van der Waals surface area contributed by atoms with Crippen LogP contribution < -0.4 is 21.3 Å². The van der Waals surface area contributed by atoms with E-state index in [4.69, 9.17) is 0 Å². The first-order valence-electron chi connectivity index (χ1n) is 21.7. The van der Waals surface area contributed by atoms with Crippen LogP contribution in [-0.4, -0.2) is 63.8 Å². The molecule has 2 aromatic carbocycles. The van der Waals surface area contributed by atoms with Gasteiger partial charge in [-0.15, -0.1) is 0 Å². The summed E-state index contributed by atoms with van der Waals surface area (Å²) >= 11 is 0. The van der Waals surface area contributed by atoms with E-state index in [2.05, 4.69) is 26.3 Å². The van der Waals surface area contributed by atoms with Crippen LogP contribution in [0.2, 0.25) is 0 Å². The number of hydrogen-bond acceptors (Lipinski definition) is 8. The number of pyridine rings is 1. The fourth-order valence-electron chi connectivity index (χ4n) is 8.06. The Morgan fingerprint density at radius 1 is 0.855 bits per heavy atom. The number of urea groups is 1. The van der Waals surface area contributed by atoms with Gasteiger partial charge in [-0.05, 0) is 92.5 Å². The van der Waals surface area contributed by atoms with E-state index in [1.54, 1.807) is 54.9 Å². The maximum absolute atomic E-state index is 14.2. The normalized spacial score (nSPS) is 14.6. The molecule has 0 unspecified atom stereocenters. The largest absolute Gasteiger partial charge is 0.481 e. The first kappa shape index (κ1) is 48.7. The van der Waals surface area contributed by atoms with Crippen LogP contribution in [0.3, 0.4) is 0 Å². The van der Waals surface area contributed by atoms with E-state index < -0.39 is 40.7 Å². The Labute approximate surface area is 365 Å². The number of carboxylic acids is 1. The summed E-state index contributed by atoms with van der Waals surface area (Å²) in [6, 6.07) is 16.4. The van der Waals surface area contributed by atoms with E-state index >= 15 is 0 Å². The summed E-state index contributed by atoms with van der Waals surface area (Å²) in [5.74, 6) is -3.11. The standard InChI is InChI=1S/C49H63N5O8/c1-34-14-6-7-17-40(34)54-47(62)52-38-23-20-35(21-24-38)30-39(55)31-37(16-8-11-29-51-43(57)25-22-36-15-13-28-50-33-36)45(60)53-41(18-12-19-44(58)59)42(56)32-49(26-9-5-10-27-49)46(61)48(2,3)4/h6-7,13-15,17,20-25,28,33,37,41H,5,8-12,16,18-19,26-27,29-32H2,1-4H3,(H,51,57)(H,53,60)(H,58,59)(H2,52,54,62)/b25-22+/t37-,41+/m1/s1. The number of nitrogens with zero attached hydrogens (tertiary/aromatic N) is 1. The molecule has 2 atom stereocenters. The van der Waals surface area contributed by atoms with Crippen LogP contribution in [0.15, 0.2) is 79.1 Å². The van der Waals surface area contributed by atoms with Crippen molar-refractivity contribution >= 4 is 58.6 Å². The Bertz CT molecular complexity index is 2030. The third-order valence-corrected chi connectivity index (χ3v) is 11.3. The van der Waals surface area contributed by atoms with Crippen LogP contribution in [0, 0.1) is 23.7 Å². The molecule has 1 saturated carbocycles. The van der Waals surface area contributed by atoms with Gasteiger partial charge >= 0.3 is 12.0 Å². The van der Waals surface area contributed by atoms with Crippen molar-refractivity contribution in [1.82, 2.24) is 15.6 Å². The lowest BCUT2D eigenvalue weighted by Gasteiger charge is -2.40. The van der Waals surface area contributed by atoms with Crippen LogP contribution >= 0.6 is 0 Å². The third-order valence-electron chi connectivity index (χ3n) is 11.3. The van der Waals surface area contributed by atoms with Gasteiger partial charge in [0.1, 0.15) is 11.6 Å². The Morgan fingerprint density at radius 2 is 1.58 bits per heavy atom. The van der Waals surface area contributed by atoms with Gasteiger partial charge < -0.3 is 26.4 Å². The van der Waals surface area contributed by atoms with E-state index in [1.807, 2.05) is 52.0 Å². The lowest BCUT2D eigenvalue weighted by Crippen LogP contribution is -2.48. The van der Waals surface area contributed by atoms with E-state index in [9.17, 15) is 38.7 Å². The molecule has 0 spiro atoms. The van der Waals surface area contributed by atoms with Crippen LogP contribution in [0.25, 0.3) is 6.08 Å². The monoisotopic (exact) mass is 849 g/mol. The molecule has 332 valence electrons. The minimum atomic E-state index is -1.03. The fraction of sp³-hybridized carbons (Fsp3) is 0.469. The molecule has 4 amide bonds. The first-order valence-corrected chi connectivity index (χ1v) is 21.7. The Balaban J connectivity index is 1.45. The molecule has 1 aliphatic carbocycles. The number of rotatable bonds is 23. The zero-order valence-electron chi connectivity index (χ0n) is 36.6. The lowest BCUT2D eigenvalue weighted by molar-refractivity contribution is -0.143. The Morgan fingerprint density at radius 3 is 2.24 bits per heavy atom. The number of hydrogen-bond donors (Lipinski definition) is 5. The summed E-state index contributed by atoms with van der Waals surface area (Å²) in [6.07, 6.45) is 11.3. The third kappa shape index (κ3) is 16.1. The van der Waals surface area contributed by atoms with E-state index in [-0.39, 0.29) is 61.8 Å². The van der Waals surface area contributed by atoms with Gasteiger partial charge in [0.25, 0.3) is 0 Å². The predicted octanol–water partition coefficient (Wildman–Crippen LogP) is 8.42. The summed E-state index contributed by atoms with van der Waals surface area (Å²) in [5.41, 5.74) is 2.07. The quantitative estimate of drug-likeness (QED) is 0.0459. The number of aliphatic carboxylic acids is 1. The maximum Gasteiger partial charge on any atom is 0.323 e. The molecule has 0 bridgehead atoms. The molecule has 13 nitrogen and oxygen atoms in total. The molecule has 3 aromatic rings. The minimum Gasteiger partial charge on any atom is -0.481 e. The summed E-state index contributed by atoms with van der Waals surface area (Å²) in [6.45, 7) is 7.79. The van der Waals surface area contributed by atoms with Crippen molar-refractivity contribution in [2.24, 2.45) is 16.7 Å². The van der Waals surface area contributed by atoms with Crippen molar-refractivity contribution in [2.45, 2.75) is 124 Å². The van der Waals surface area contributed by atoms with E-state index in [1.165, 1.54) is 6.08 Å². The van der Waals surface area contributed by atoms with Gasteiger partial charge in [-0.25, -0.2) is 4.79 Å². The molecule has 13 heteroatoms. The Kier molecular flexibility index (Phi) is 18.7. The van der Waals surface area contributed by atoms with Crippen LogP contribution in [-0.2, 0) is 35.2 Å². The van der Waals surface area contributed by atoms with Crippen molar-refractivity contribution in [2.75, 3.05) is 17.2 Å². The molecule has 1 heterocycles. The molecule has 62 heavy (non-hydrogen) atoms. The summed E-state index contributed by atoms with van der Waals surface area (Å²) in [5, 5.41) is 20.7. The van der Waals surface area contributed by atoms with Gasteiger partial charge in [0, 0.05) is 78.8 Å². The predicted molar refractivity (Wildman–Crippen MR) is 240 cm³/mol. The number of carboxylic acid groups (broad SMARTS) is 1. The maximum atomic E-state index is 14.2. The molecule has 5 N–H and O–H groups in total. The SMILES string of the molecule is Cc1ccccc1NC(=O)Nc1ccc(CC(=O)C[C@@H](CCCCNC(=O)/C=C/c2cccnc2)C(=O)N[C@@H](CCCC(=O)O)C(=O)CC2(C(=O)C(C)(C)C)CCCCC2)cc1. The second-order valence-corrected chi connectivity index (χ2v) is 17.5. The smallest absolute Gasteiger partial charge is 0.323 e. The number of unbranched alkanes of at least 4 members (excludes halogenated alkanes) is 1. The van der Waals surface area contributed by atoms with Gasteiger partial charge in [-0.1, -0.05) is 82.9 Å². The molecule has 4 rings (SSSR count). The van der Waals surface area contributed by atoms with Gasteiger partial charge in [0.2, 0.25) is 11.8 Å². The van der Waals surface area contributed by atoms with Crippen molar-refractivity contribution in [3.63, 3.8) is 0 Å². The number of carbonyl (C=O) groups is 7.